The lowest BCUT2D eigenvalue weighted by Gasteiger charge is -2.67. The molecule has 0 spiro atoms. The third-order valence-electron chi connectivity index (χ3n) is 7.99. The van der Waals surface area contributed by atoms with Crippen molar-refractivity contribution in [2.75, 3.05) is 21.3 Å². The van der Waals surface area contributed by atoms with Crippen molar-refractivity contribution >= 4 is 5.97 Å². The van der Waals surface area contributed by atoms with Gasteiger partial charge in [0.15, 0.2) is 0 Å². The Hall–Kier alpha value is -2.13. The molecule has 2 unspecified atom stereocenters. The van der Waals surface area contributed by atoms with Gasteiger partial charge in [0.05, 0.1) is 7.11 Å². The number of hydrogen-bond donors (Lipinski definition) is 0. The fourth-order valence-electron chi connectivity index (χ4n) is 7.26. The smallest absolute Gasteiger partial charge is 0.302 e. The van der Waals surface area contributed by atoms with Crippen LogP contribution in [0, 0.1) is 11.3 Å². The fourth-order valence-corrected chi connectivity index (χ4v) is 7.26. The Kier molecular flexibility index (Phi) is 13.5. The van der Waals surface area contributed by atoms with Gasteiger partial charge < -0.3 is 9.47 Å². The van der Waals surface area contributed by atoms with E-state index in [2.05, 4.69) is 77.1 Å². The molecule has 4 fully saturated rings. The van der Waals surface area contributed by atoms with Crippen LogP contribution in [0.2, 0.25) is 0 Å². The van der Waals surface area contributed by atoms with E-state index < -0.39 is 0 Å². The van der Waals surface area contributed by atoms with Crippen LogP contribution in [0.3, 0.4) is 0 Å². The third kappa shape index (κ3) is 7.44. The summed E-state index contributed by atoms with van der Waals surface area (Å²) in [6, 6.07) is 23.0. The van der Waals surface area contributed by atoms with Crippen LogP contribution in [0.15, 0.2) is 60.7 Å². The van der Waals surface area contributed by atoms with E-state index in [0.29, 0.717) is 16.2 Å². The monoisotopic (exact) mass is 496 g/mol. The highest BCUT2D eigenvalue weighted by molar-refractivity contribution is 5.65. The molecule has 4 aliphatic carbocycles. The normalized spacial score (nSPS) is 28.4. The van der Waals surface area contributed by atoms with Gasteiger partial charge in [0.25, 0.3) is 0 Å². The van der Waals surface area contributed by atoms with Crippen molar-refractivity contribution in [3.05, 3.63) is 71.8 Å². The van der Waals surface area contributed by atoms with E-state index in [0.717, 1.165) is 5.92 Å². The van der Waals surface area contributed by atoms with Gasteiger partial charge in [0.1, 0.15) is 0 Å². The predicted molar refractivity (Wildman–Crippen MR) is 153 cm³/mol. The number of carbonyl (C=O) groups excluding carboxylic acids is 1. The van der Waals surface area contributed by atoms with Gasteiger partial charge in [0, 0.05) is 21.1 Å². The summed E-state index contributed by atoms with van der Waals surface area (Å²) in [6.07, 6.45) is 9.89. The maximum Gasteiger partial charge on any atom is 0.302 e. The Morgan fingerprint density at radius 1 is 0.750 bits per heavy atom. The highest BCUT2D eigenvalue weighted by Gasteiger charge is 2.63. The molecule has 4 aliphatic rings. The number of carbonyl (C=O) groups is 1. The fraction of sp³-hybridized carbons (Fsp3) is 0.606. The molecule has 2 aromatic carbocycles. The van der Waals surface area contributed by atoms with Crippen LogP contribution < -0.4 is 0 Å². The van der Waals surface area contributed by atoms with E-state index in [1.165, 1.54) is 59.0 Å². The van der Waals surface area contributed by atoms with E-state index in [-0.39, 0.29) is 5.97 Å². The van der Waals surface area contributed by atoms with Crippen molar-refractivity contribution in [3.63, 3.8) is 0 Å². The Bertz CT molecular complexity index is 806. The molecule has 202 valence electrons. The summed E-state index contributed by atoms with van der Waals surface area (Å²) >= 11 is 0. The maximum absolute atomic E-state index is 9.59. The minimum atomic E-state index is -0.245. The number of hydrogen-bond acceptors (Lipinski definition) is 3. The lowest BCUT2D eigenvalue weighted by atomic mass is 9.37. The van der Waals surface area contributed by atoms with E-state index in [1.54, 1.807) is 25.3 Å². The second kappa shape index (κ2) is 15.2. The molecule has 4 saturated carbocycles. The SMILES string of the molecule is CC.CC.CCC12CC3CC(c4ccccc4)(C1)CC(c1ccccc1)(C3)C2.COC.COC(C)=O. The number of methoxy groups -OCH3 is 2. The zero-order chi connectivity index (χ0) is 27.2. The molecule has 0 saturated heterocycles. The number of ether oxygens (including phenoxy) is 2. The summed E-state index contributed by atoms with van der Waals surface area (Å²) in [6.45, 7) is 11.8. The molecular weight excluding hydrogens is 444 g/mol. The lowest BCUT2D eigenvalue weighted by Crippen LogP contribution is -2.60. The molecule has 0 radical (unpaired) electrons. The topological polar surface area (TPSA) is 35.5 Å². The van der Waals surface area contributed by atoms with Crippen LogP contribution in [0.5, 0.6) is 0 Å². The zero-order valence-corrected chi connectivity index (χ0v) is 24.5. The summed E-state index contributed by atoms with van der Waals surface area (Å²) in [4.78, 5) is 9.59. The van der Waals surface area contributed by atoms with Crippen molar-refractivity contribution < 1.29 is 14.3 Å². The summed E-state index contributed by atoms with van der Waals surface area (Å²) < 4.78 is 8.36. The molecular formula is C33H52O3. The molecule has 2 aromatic rings. The van der Waals surface area contributed by atoms with Crippen molar-refractivity contribution in [2.24, 2.45) is 11.3 Å². The largest absolute Gasteiger partial charge is 0.469 e. The predicted octanol–water partition coefficient (Wildman–Crippen LogP) is 8.75. The van der Waals surface area contributed by atoms with Gasteiger partial charge in [-0.15, -0.1) is 0 Å². The molecule has 0 aliphatic heterocycles. The van der Waals surface area contributed by atoms with Gasteiger partial charge in [0.2, 0.25) is 0 Å². The second-order valence-corrected chi connectivity index (χ2v) is 10.3. The maximum atomic E-state index is 9.59. The summed E-state index contributed by atoms with van der Waals surface area (Å²) in [7, 11) is 4.60. The molecule has 3 heteroatoms. The highest BCUT2D eigenvalue weighted by Crippen LogP contribution is 2.71. The van der Waals surface area contributed by atoms with Crippen LogP contribution in [0.1, 0.15) is 97.6 Å². The van der Waals surface area contributed by atoms with Crippen molar-refractivity contribution in [3.8, 4) is 0 Å². The number of benzene rings is 2. The Labute approximate surface area is 222 Å². The second-order valence-electron chi connectivity index (χ2n) is 10.3. The van der Waals surface area contributed by atoms with Crippen LogP contribution in [-0.2, 0) is 25.1 Å². The van der Waals surface area contributed by atoms with Gasteiger partial charge in [-0.25, -0.2) is 0 Å². The van der Waals surface area contributed by atoms with E-state index in [1.807, 2.05) is 27.7 Å². The van der Waals surface area contributed by atoms with Gasteiger partial charge in [-0.3, -0.25) is 4.79 Å². The molecule has 0 amide bonds. The molecule has 4 bridgehead atoms. The highest BCUT2D eigenvalue weighted by atomic mass is 16.5. The lowest BCUT2D eigenvalue weighted by molar-refractivity contribution is -0.137. The minimum Gasteiger partial charge on any atom is -0.469 e. The van der Waals surface area contributed by atoms with Gasteiger partial charge in [-0.2, -0.15) is 0 Å². The first kappa shape index (κ1) is 31.9. The molecule has 0 aromatic heterocycles. The average Bonchev–Trinajstić information content (AvgIpc) is 2.92. The van der Waals surface area contributed by atoms with Crippen molar-refractivity contribution in [1.82, 2.24) is 0 Å². The van der Waals surface area contributed by atoms with E-state index in [9.17, 15) is 4.79 Å². The molecule has 0 heterocycles. The summed E-state index contributed by atoms with van der Waals surface area (Å²) in [5, 5.41) is 0. The first-order chi connectivity index (χ1) is 17.4. The minimum absolute atomic E-state index is 0.245. The standard InChI is InChI=1S/C24H28.C3H6O2.C2H6O.2C2H6/c1-2-22-13-19-14-23(16-22,20-9-5-3-6-10-20)18-24(15-19,17-22)21-11-7-4-8-12-21;1-3(4)5-2;1-3-2;2*1-2/h3-12,19H,2,13-18H2,1H3;1-2H3;1-2H3;2*1-2H3. The van der Waals surface area contributed by atoms with Crippen LogP contribution >= 0.6 is 0 Å². The van der Waals surface area contributed by atoms with Gasteiger partial charge in [-0.05, 0) is 71.8 Å². The van der Waals surface area contributed by atoms with Gasteiger partial charge in [-0.1, -0.05) is 102 Å². The molecule has 36 heavy (non-hydrogen) atoms. The first-order valence-corrected chi connectivity index (χ1v) is 13.9. The van der Waals surface area contributed by atoms with Crippen molar-refractivity contribution in [2.45, 2.75) is 97.3 Å². The van der Waals surface area contributed by atoms with Crippen LogP contribution in [0.25, 0.3) is 0 Å². The molecule has 2 atom stereocenters. The molecule has 0 N–H and O–H groups in total. The number of rotatable bonds is 3. The Balaban J connectivity index is 0.000000465. The average molecular weight is 497 g/mol. The Morgan fingerprint density at radius 2 is 1.11 bits per heavy atom. The summed E-state index contributed by atoms with van der Waals surface area (Å²) in [5.41, 5.74) is 4.66. The van der Waals surface area contributed by atoms with Crippen molar-refractivity contribution in [1.29, 1.82) is 0 Å². The molecule has 6 rings (SSSR count). The van der Waals surface area contributed by atoms with E-state index in [4.69, 9.17) is 0 Å². The third-order valence-corrected chi connectivity index (χ3v) is 7.99. The number of esters is 1. The zero-order valence-electron chi connectivity index (χ0n) is 24.5. The molecule has 3 nitrogen and oxygen atoms in total. The Morgan fingerprint density at radius 3 is 1.42 bits per heavy atom. The van der Waals surface area contributed by atoms with Crippen LogP contribution in [0.4, 0.5) is 0 Å². The first-order valence-electron chi connectivity index (χ1n) is 13.9. The van der Waals surface area contributed by atoms with E-state index >= 15 is 0 Å². The van der Waals surface area contributed by atoms with Crippen LogP contribution in [-0.4, -0.2) is 27.3 Å². The van der Waals surface area contributed by atoms with Gasteiger partial charge >= 0.3 is 5.97 Å². The quantitative estimate of drug-likeness (QED) is 0.398. The summed E-state index contributed by atoms with van der Waals surface area (Å²) in [5.74, 6) is 0.673.